The Kier molecular flexibility index (Phi) is 4.55. The van der Waals surface area contributed by atoms with Crippen LogP contribution in [0.1, 0.15) is 6.42 Å². The predicted molar refractivity (Wildman–Crippen MR) is 43.9 cm³/mol. The van der Waals surface area contributed by atoms with Gasteiger partial charge in [0.2, 0.25) is 0 Å². The lowest BCUT2D eigenvalue weighted by Gasteiger charge is -2.00. The van der Waals surface area contributed by atoms with Crippen molar-refractivity contribution in [3.05, 3.63) is 0 Å². The Balaban J connectivity index is 3.68. The largest absolute Gasteiger partial charge is 0.480 e. The van der Waals surface area contributed by atoms with Gasteiger partial charge in [-0.05, 0) is 0 Å². The molecule has 0 heterocycles. The topological polar surface area (TPSA) is 54.4 Å². The van der Waals surface area contributed by atoms with Crippen molar-refractivity contribution < 1.29 is 14.7 Å². The average Bonchev–Trinajstić information content (AvgIpc) is 1.87. The Morgan fingerprint density at radius 2 is 2.00 bits per heavy atom. The molecule has 0 rings (SSSR count). The summed E-state index contributed by atoms with van der Waals surface area (Å²) in [7, 11) is 0. The van der Waals surface area contributed by atoms with Gasteiger partial charge in [-0.25, -0.2) is 0 Å². The Morgan fingerprint density at radius 3 is 2.30 bits per heavy atom. The molecule has 0 aromatic rings. The number of aliphatic carboxylic acids is 1. The van der Waals surface area contributed by atoms with Crippen LogP contribution in [0.3, 0.4) is 0 Å². The predicted octanol–water partition coefficient (Wildman–Crippen LogP) is 0.258. The van der Waals surface area contributed by atoms with Crippen molar-refractivity contribution in [1.29, 1.82) is 0 Å². The zero-order valence-corrected chi connectivity index (χ0v) is 6.94. The number of carbonyl (C=O) groups is 2. The Bertz CT molecular complexity index is 146. The third kappa shape index (κ3) is 3.79. The summed E-state index contributed by atoms with van der Waals surface area (Å²) in [5.74, 6) is -1.20. The van der Waals surface area contributed by atoms with Gasteiger partial charge < -0.3 is 5.11 Å². The molecule has 0 bridgehead atoms. The molecule has 5 heteroatoms. The molecule has 0 aromatic heterocycles. The first-order valence-corrected chi connectivity index (χ1v) is 3.76. The van der Waals surface area contributed by atoms with Gasteiger partial charge in [0, 0.05) is 12.2 Å². The second kappa shape index (κ2) is 4.62. The van der Waals surface area contributed by atoms with E-state index in [-0.39, 0.29) is 18.0 Å². The minimum absolute atomic E-state index is 0.0536. The molecule has 0 amide bonds. The van der Waals surface area contributed by atoms with Crippen LogP contribution in [-0.4, -0.2) is 27.9 Å². The lowest BCUT2D eigenvalue weighted by molar-refractivity contribution is -0.137. The van der Waals surface area contributed by atoms with Crippen LogP contribution in [0.15, 0.2) is 0 Å². The Morgan fingerprint density at radius 1 is 1.50 bits per heavy atom. The fourth-order valence-electron chi connectivity index (χ4n) is 0.368. The molecule has 0 aliphatic rings. The number of Topliss-reactive ketones (excluding diaryl/α,β-unsaturated/α-hetero) is 1. The zero-order valence-electron chi connectivity index (χ0n) is 5.15. The molecule has 1 atom stereocenters. The quantitative estimate of drug-likeness (QED) is 0.544. The van der Waals surface area contributed by atoms with Gasteiger partial charge >= 0.3 is 5.97 Å². The van der Waals surface area contributed by atoms with Crippen molar-refractivity contribution in [2.75, 3.05) is 5.75 Å². The van der Waals surface area contributed by atoms with Gasteiger partial charge in [0.05, 0.1) is 0 Å². The first-order valence-electron chi connectivity index (χ1n) is 2.61. The SMILES string of the molecule is O=C(CS)C[C@H](S)C(=O)O. The molecule has 10 heavy (non-hydrogen) atoms. The number of thiol groups is 2. The third-order valence-electron chi connectivity index (χ3n) is 0.882. The molecule has 58 valence electrons. The maximum absolute atomic E-state index is 10.5. The van der Waals surface area contributed by atoms with Crippen molar-refractivity contribution in [2.24, 2.45) is 0 Å². The Hall–Kier alpha value is -0.160. The van der Waals surface area contributed by atoms with Crippen LogP contribution in [0, 0.1) is 0 Å². The van der Waals surface area contributed by atoms with Crippen LogP contribution < -0.4 is 0 Å². The normalized spacial score (nSPS) is 12.6. The molecule has 1 N–H and O–H groups in total. The van der Waals surface area contributed by atoms with Gasteiger partial charge in [-0.1, -0.05) is 0 Å². The van der Waals surface area contributed by atoms with E-state index in [1.165, 1.54) is 0 Å². The molecule has 0 aliphatic carbocycles. The summed E-state index contributed by atoms with van der Waals surface area (Å²) in [6.45, 7) is 0. The summed E-state index contributed by atoms with van der Waals surface area (Å²) >= 11 is 7.35. The smallest absolute Gasteiger partial charge is 0.316 e. The summed E-state index contributed by atoms with van der Waals surface area (Å²) in [6, 6.07) is 0. The first kappa shape index (κ1) is 9.84. The standard InChI is InChI=1S/C5H8O3S2/c6-3(2-9)1-4(10)5(7)8/h4,9-10H,1-2H2,(H,7,8)/t4-/m0/s1. The van der Waals surface area contributed by atoms with E-state index in [4.69, 9.17) is 5.11 Å². The van der Waals surface area contributed by atoms with Gasteiger partial charge in [-0.2, -0.15) is 25.3 Å². The van der Waals surface area contributed by atoms with E-state index >= 15 is 0 Å². The third-order valence-corrected chi connectivity index (χ3v) is 1.64. The average molecular weight is 180 g/mol. The highest BCUT2D eigenvalue weighted by Crippen LogP contribution is 2.02. The monoisotopic (exact) mass is 180 g/mol. The highest BCUT2D eigenvalue weighted by Gasteiger charge is 2.14. The molecule has 3 nitrogen and oxygen atoms in total. The first-order chi connectivity index (χ1) is 4.57. The van der Waals surface area contributed by atoms with Crippen LogP contribution in [-0.2, 0) is 9.59 Å². The molecule has 0 saturated carbocycles. The molecular formula is C5H8O3S2. The molecule has 0 aliphatic heterocycles. The molecule has 0 radical (unpaired) electrons. The lowest BCUT2D eigenvalue weighted by atomic mass is 10.2. The second-order valence-electron chi connectivity index (χ2n) is 1.75. The van der Waals surface area contributed by atoms with E-state index < -0.39 is 11.2 Å². The minimum atomic E-state index is -1.07. The van der Waals surface area contributed by atoms with Crippen molar-refractivity contribution >= 4 is 37.0 Å². The van der Waals surface area contributed by atoms with Crippen LogP contribution in [0.5, 0.6) is 0 Å². The van der Waals surface area contributed by atoms with Gasteiger partial charge in [-0.3, -0.25) is 9.59 Å². The molecule has 0 fully saturated rings. The highest BCUT2D eigenvalue weighted by molar-refractivity contribution is 7.82. The summed E-state index contributed by atoms with van der Waals surface area (Å²) in [4.78, 5) is 20.6. The molecule has 0 unspecified atom stereocenters. The van der Waals surface area contributed by atoms with Crippen molar-refractivity contribution in [3.8, 4) is 0 Å². The van der Waals surface area contributed by atoms with Gasteiger partial charge in [0.15, 0.2) is 0 Å². The molecule has 0 spiro atoms. The van der Waals surface area contributed by atoms with Crippen LogP contribution in [0.4, 0.5) is 0 Å². The van der Waals surface area contributed by atoms with Crippen molar-refractivity contribution in [2.45, 2.75) is 11.7 Å². The maximum Gasteiger partial charge on any atom is 0.316 e. The number of ketones is 1. The lowest BCUT2D eigenvalue weighted by Crippen LogP contribution is -2.18. The summed E-state index contributed by atoms with van der Waals surface area (Å²) in [6.07, 6.45) is -0.0536. The van der Waals surface area contributed by atoms with E-state index in [0.717, 1.165) is 0 Å². The fraction of sp³-hybridized carbons (Fsp3) is 0.600. The zero-order chi connectivity index (χ0) is 8.15. The molecule has 0 aromatic carbocycles. The number of hydrogen-bond acceptors (Lipinski definition) is 4. The second-order valence-corrected chi connectivity index (χ2v) is 2.69. The summed E-state index contributed by atoms with van der Waals surface area (Å²) in [5.41, 5.74) is 0. The summed E-state index contributed by atoms with van der Waals surface area (Å²) < 4.78 is 0. The van der Waals surface area contributed by atoms with E-state index in [0.29, 0.717) is 0 Å². The molecule has 0 saturated heterocycles. The van der Waals surface area contributed by atoms with Crippen LogP contribution in [0.2, 0.25) is 0 Å². The minimum Gasteiger partial charge on any atom is -0.480 e. The van der Waals surface area contributed by atoms with Crippen LogP contribution in [0.25, 0.3) is 0 Å². The Labute approximate surface area is 69.6 Å². The number of carbonyl (C=O) groups excluding carboxylic acids is 1. The number of hydrogen-bond donors (Lipinski definition) is 3. The number of carboxylic acids is 1. The number of carboxylic acid groups (broad SMARTS) is 1. The van der Waals surface area contributed by atoms with Crippen molar-refractivity contribution in [3.63, 3.8) is 0 Å². The van der Waals surface area contributed by atoms with Gasteiger partial charge in [0.1, 0.15) is 11.0 Å². The number of rotatable bonds is 4. The van der Waals surface area contributed by atoms with E-state index in [2.05, 4.69) is 25.3 Å². The van der Waals surface area contributed by atoms with E-state index in [1.807, 2.05) is 0 Å². The summed E-state index contributed by atoms with van der Waals surface area (Å²) in [5, 5.41) is 7.38. The van der Waals surface area contributed by atoms with E-state index in [9.17, 15) is 9.59 Å². The van der Waals surface area contributed by atoms with Gasteiger partial charge in [-0.15, -0.1) is 0 Å². The van der Waals surface area contributed by atoms with Crippen molar-refractivity contribution in [1.82, 2.24) is 0 Å². The van der Waals surface area contributed by atoms with E-state index in [1.54, 1.807) is 0 Å². The van der Waals surface area contributed by atoms with Gasteiger partial charge in [0.25, 0.3) is 0 Å². The highest BCUT2D eigenvalue weighted by atomic mass is 32.1. The molecular weight excluding hydrogens is 172 g/mol. The van der Waals surface area contributed by atoms with Crippen LogP contribution >= 0.6 is 25.3 Å². The maximum atomic E-state index is 10.5. The fourth-order valence-corrected chi connectivity index (χ4v) is 0.700.